The number of hydrogen-bond donors (Lipinski definition) is 2. The molecule has 2 N–H and O–H groups in total. The van der Waals surface area contributed by atoms with Crippen molar-refractivity contribution in [2.75, 3.05) is 7.11 Å². The highest BCUT2D eigenvalue weighted by atomic mass is 32.2. The van der Waals surface area contributed by atoms with Gasteiger partial charge in [-0.3, -0.25) is 4.79 Å². The van der Waals surface area contributed by atoms with Gasteiger partial charge in [-0.05, 0) is 30.7 Å². The van der Waals surface area contributed by atoms with E-state index in [9.17, 15) is 18.3 Å². The molecule has 1 heterocycles. The number of sulfonamides is 1. The minimum absolute atomic E-state index is 0.101. The summed E-state index contributed by atoms with van der Waals surface area (Å²) in [5.41, 5.74) is -0.934. The van der Waals surface area contributed by atoms with Gasteiger partial charge < -0.3 is 9.84 Å². The first-order valence-electron chi connectivity index (χ1n) is 5.75. The number of methoxy groups -OCH3 is 1. The highest BCUT2D eigenvalue weighted by Gasteiger charge is 2.50. The van der Waals surface area contributed by atoms with E-state index in [2.05, 4.69) is 4.72 Å². The summed E-state index contributed by atoms with van der Waals surface area (Å²) in [4.78, 5) is 11.3. The van der Waals surface area contributed by atoms with Crippen LogP contribution in [0.25, 0.3) is 0 Å². The van der Waals surface area contributed by atoms with Gasteiger partial charge in [-0.1, -0.05) is 6.07 Å². The lowest BCUT2D eigenvalue weighted by Crippen LogP contribution is -2.61. The topological polar surface area (TPSA) is 92.7 Å². The van der Waals surface area contributed by atoms with Crippen molar-refractivity contribution in [2.45, 2.75) is 35.1 Å². The highest BCUT2D eigenvalue weighted by Crippen LogP contribution is 2.38. The number of carboxylic acids is 1. The fourth-order valence-corrected chi connectivity index (χ4v) is 4.41. The molecule has 8 heteroatoms. The van der Waals surface area contributed by atoms with E-state index < -0.39 is 27.6 Å². The largest absolute Gasteiger partial charge is 0.480 e. The summed E-state index contributed by atoms with van der Waals surface area (Å²) in [5, 5.41) is 10.9. The summed E-state index contributed by atoms with van der Waals surface area (Å²) in [6.07, 6.45) is 1.90. The SMILES string of the molecule is COC1(C(NS(=O)(=O)c2cccs2)C(=O)O)CCC1. The molecule has 1 saturated carbocycles. The van der Waals surface area contributed by atoms with Crippen LogP contribution in [0.1, 0.15) is 19.3 Å². The summed E-state index contributed by atoms with van der Waals surface area (Å²) in [5.74, 6) is -1.22. The molecule has 1 atom stereocenters. The quantitative estimate of drug-likeness (QED) is 0.819. The van der Waals surface area contributed by atoms with Crippen LogP contribution >= 0.6 is 11.3 Å². The van der Waals surface area contributed by atoms with E-state index in [1.807, 2.05) is 0 Å². The molecular formula is C11H15NO5S2. The van der Waals surface area contributed by atoms with Crippen molar-refractivity contribution < 1.29 is 23.1 Å². The zero-order chi connectivity index (χ0) is 14.1. The molecule has 0 radical (unpaired) electrons. The monoisotopic (exact) mass is 305 g/mol. The summed E-state index contributed by atoms with van der Waals surface area (Å²) in [6, 6.07) is 1.77. The Hall–Kier alpha value is -0.960. The van der Waals surface area contributed by atoms with Crippen molar-refractivity contribution >= 4 is 27.3 Å². The van der Waals surface area contributed by atoms with Crippen LogP contribution in [0.5, 0.6) is 0 Å². The van der Waals surface area contributed by atoms with Crippen LogP contribution < -0.4 is 4.72 Å². The highest BCUT2D eigenvalue weighted by molar-refractivity contribution is 7.91. The number of carbonyl (C=O) groups is 1. The molecule has 6 nitrogen and oxygen atoms in total. The summed E-state index contributed by atoms with van der Waals surface area (Å²) in [6.45, 7) is 0. The van der Waals surface area contributed by atoms with E-state index in [0.717, 1.165) is 17.8 Å². The Bertz CT molecular complexity index is 542. The van der Waals surface area contributed by atoms with Crippen molar-refractivity contribution in [1.29, 1.82) is 0 Å². The Morgan fingerprint density at radius 1 is 1.58 bits per heavy atom. The molecule has 1 aliphatic rings. The van der Waals surface area contributed by atoms with E-state index in [1.165, 1.54) is 13.2 Å². The molecule has 106 valence electrons. The van der Waals surface area contributed by atoms with E-state index in [1.54, 1.807) is 11.4 Å². The van der Waals surface area contributed by atoms with Gasteiger partial charge in [0.1, 0.15) is 10.3 Å². The molecule has 19 heavy (non-hydrogen) atoms. The van der Waals surface area contributed by atoms with Crippen LogP contribution in [0, 0.1) is 0 Å². The van der Waals surface area contributed by atoms with Crippen molar-refractivity contribution in [2.24, 2.45) is 0 Å². The number of thiophene rings is 1. The number of nitrogens with one attached hydrogen (secondary N) is 1. The Labute approximate surface area is 115 Å². The maximum absolute atomic E-state index is 12.1. The molecule has 2 rings (SSSR count). The number of carboxylic acid groups (broad SMARTS) is 1. The minimum Gasteiger partial charge on any atom is -0.480 e. The zero-order valence-electron chi connectivity index (χ0n) is 10.3. The van der Waals surface area contributed by atoms with Gasteiger partial charge in [0.15, 0.2) is 0 Å². The van der Waals surface area contributed by atoms with E-state index >= 15 is 0 Å². The molecule has 0 saturated heterocycles. The predicted molar refractivity (Wildman–Crippen MR) is 69.7 cm³/mol. The number of hydrogen-bond acceptors (Lipinski definition) is 5. The summed E-state index contributed by atoms with van der Waals surface area (Å²) in [7, 11) is -2.41. The van der Waals surface area contributed by atoms with E-state index in [0.29, 0.717) is 12.8 Å². The van der Waals surface area contributed by atoms with Gasteiger partial charge in [-0.15, -0.1) is 11.3 Å². The van der Waals surface area contributed by atoms with Gasteiger partial charge in [-0.25, -0.2) is 8.42 Å². The first-order chi connectivity index (χ1) is 8.91. The second kappa shape index (κ2) is 5.20. The fourth-order valence-electron chi connectivity index (χ4n) is 2.15. The Morgan fingerprint density at radius 2 is 2.26 bits per heavy atom. The third kappa shape index (κ3) is 2.66. The zero-order valence-corrected chi connectivity index (χ0v) is 12.0. The lowest BCUT2D eigenvalue weighted by atomic mass is 9.75. The maximum Gasteiger partial charge on any atom is 0.324 e. The number of rotatable bonds is 6. The number of ether oxygens (including phenoxy) is 1. The average molecular weight is 305 g/mol. The average Bonchev–Trinajstić information content (AvgIpc) is 2.80. The second-order valence-electron chi connectivity index (χ2n) is 4.45. The Morgan fingerprint density at radius 3 is 2.63 bits per heavy atom. The molecule has 1 aliphatic carbocycles. The molecule has 1 aromatic heterocycles. The maximum atomic E-state index is 12.1. The van der Waals surface area contributed by atoms with Gasteiger partial charge in [0, 0.05) is 7.11 Å². The standard InChI is InChI=1S/C11H15NO5S2/c1-17-11(5-3-6-11)9(10(13)14)12-19(15,16)8-4-2-7-18-8/h2,4,7,9,12H,3,5-6H2,1H3,(H,13,14). The smallest absolute Gasteiger partial charge is 0.324 e. The van der Waals surface area contributed by atoms with Crippen LogP contribution in [0.4, 0.5) is 0 Å². The van der Waals surface area contributed by atoms with Gasteiger partial charge >= 0.3 is 5.97 Å². The van der Waals surface area contributed by atoms with Gasteiger partial charge in [0.25, 0.3) is 10.0 Å². The molecule has 0 amide bonds. The Kier molecular flexibility index (Phi) is 3.95. The lowest BCUT2D eigenvalue weighted by molar-refractivity contribution is -0.156. The third-order valence-corrected chi connectivity index (χ3v) is 6.23. The van der Waals surface area contributed by atoms with Crippen molar-refractivity contribution in [3.63, 3.8) is 0 Å². The number of aliphatic carboxylic acids is 1. The van der Waals surface area contributed by atoms with Gasteiger partial charge in [0.2, 0.25) is 0 Å². The molecule has 0 aromatic carbocycles. The van der Waals surface area contributed by atoms with Crippen LogP contribution in [0.2, 0.25) is 0 Å². The van der Waals surface area contributed by atoms with Gasteiger partial charge in [-0.2, -0.15) is 4.72 Å². The molecular weight excluding hydrogens is 290 g/mol. The third-order valence-electron chi connectivity index (χ3n) is 3.41. The Balaban J connectivity index is 2.25. The molecule has 0 spiro atoms. The summed E-state index contributed by atoms with van der Waals surface area (Å²) >= 11 is 1.04. The van der Waals surface area contributed by atoms with Crippen LogP contribution in [-0.4, -0.2) is 38.2 Å². The predicted octanol–water partition coefficient (Wildman–Crippen LogP) is 1.05. The second-order valence-corrected chi connectivity index (χ2v) is 7.34. The van der Waals surface area contributed by atoms with E-state index in [-0.39, 0.29) is 4.21 Å². The van der Waals surface area contributed by atoms with Crippen molar-refractivity contribution in [3.8, 4) is 0 Å². The first-order valence-corrected chi connectivity index (χ1v) is 8.11. The normalized spacial score (nSPS) is 19.6. The van der Waals surface area contributed by atoms with Crippen LogP contribution in [0.15, 0.2) is 21.7 Å². The molecule has 0 aliphatic heterocycles. The first kappa shape index (κ1) is 14.4. The lowest BCUT2D eigenvalue weighted by Gasteiger charge is -2.44. The minimum atomic E-state index is -3.82. The molecule has 1 aromatic rings. The summed E-state index contributed by atoms with van der Waals surface area (Å²) < 4.78 is 31.8. The van der Waals surface area contributed by atoms with Crippen molar-refractivity contribution in [1.82, 2.24) is 4.72 Å². The molecule has 0 bridgehead atoms. The fraction of sp³-hybridized carbons (Fsp3) is 0.545. The van der Waals surface area contributed by atoms with Crippen LogP contribution in [-0.2, 0) is 19.6 Å². The van der Waals surface area contributed by atoms with Gasteiger partial charge in [0.05, 0.1) is 5.60 Å². The molecule has 1 unspecified atom stereocenters. The van der Waals surface area contributed by atoms with Crippen molar-refractivity contribution in [3.05, 3.63) is 17.5 Å². The molecule has 1 fully saturated rings. The van der Waals surface area contributed by atoms with Crippen LogP contribution in [0.3, 0.4) is 0 Å². The van der Waals surface area contributed by atoms with E-state index in [4.69, 9.17) is 4.74 Å².